The van der Waals surface area contributed by atoms with Gasteiger partial charge in [-0.05, 0) is 77.9 Å². The number of benzene rings is 9. The van der Waals surface area contributed by atoms with Crippen LogP contribution < -0.4 is 15.2 Å². The van der Waals surface area contributed by atoms with Gasteiger partial charge in [-0.15, -0.1) is 12.4 Å². The van der Waals surface area contributed by atoms with Gasteiger partial charge in [0.2, 0.25) is 17.2 Å². The van der Waals surface area contributed by atoms with Crippen LogP contribution in [0.5, 0.6) is 63.2 Å². The maximum atomic E-state index is 11.8. The van der Waals surface area contributed by atoms with Crippen molar-refractivity contribution in [2.24, 2.45) is 0 Å². The molecule has 9 aromatic carbocycles. The summed E-state index contributed by atoms with van der Waals surface area (Å²) in [5.74, 6) is -8.53. The van der Waals surface area contributed by atoms with E-state index in [9.17, 15) is 69.0 Å². The molecule has 0 saturated heterocycles. The summed E-state index contributed by atoms with van der Waals surface area (Å²) >= 11 is 0. The fourth-order valence-electron chi connectivity index (χ4n) is 9.19. The molecule has 0 atom stereocenters. The van der Waals surface area contributed by atoms with E-state index in [2.05, 4.69) is 29.2 Å². The molecule has 41 heteroatoms. The Balaban J connectivity index is 0.000000240. The highest BCUT2D eigenvalue weighted by Crippen LogP contribution is 2.40. The molecular formula is C73H64ClN7O33. The lowest BCUT2D eigenvalue weighted by Crippen LogP contribution is -2.03. The second-order valence-corrected chi connectivity index (χ2v) is 22.3. The van der Waals surface area contributed by atoms with Gasteiger partial charge >= 0.3 is 52.9 Å². The molecule has 3 heterocycles. The number of carbonyl (C=O) groups is 7. The van der Waals surface area contributed by atoms with Crippen molar-refractivity contribution in [1.29, 1.82) is 0 Å². The highest BCUT2D eigenvalue weighted by atomic mass is 35.5. The number of fused-ring (bicyclic) bond motifs is 3. The van der Waals surface area contributed by atoms with Crippen molar-refractivity contribution < 1.29 is 146 Å². The van der Waals surface area contributed by atoms with Gasteiger partial charge in [0.1, 0.15) is 36.1 Å². The van der Waals surface area contributed by atoms with E-state index in [1.165, 1.54) is 51.7 Å². The number of nitrogens with zero attached hydrogens (tertiary/aromatic N) is 6. The Bertz CT molecular complexity index is 5550. The molecule has 0 fully saturated rings. The number of carboxylic acids is 2. The predicted octanol–water partition coefficient (Wildman–Crippen LogP) is 11.7. The van der Waals surface area contributed by atoms with Crippen molar-refractivity contribution in [2.45, 2.75) is 34.0 Å². The fraction of sp³-hybridized carbons (Fsp3) is 0.123. The number of anilines is 1. The molecule has 0 bridgehead atoms. The highest BCUT2D eigenvalue weighted by molar-refractivity contribution is 5.98. The smallest absolute Gasteiger partial charge is 0.338 e. The number of aromatic carboxylic acids is 2. The summed E-state index contributed by atoms with van der Waals surface area (Å²) in [6, 6.07) is 35.6. The first-order valence-corrected chi connectivity index (χ1v) is 31.4. The molecule has 40 nitrogen and oxygen atoms in total. The van der Waals surface area contributed by atoms with Gasteiger partial charge in [-0.3, -0.25) is 35.1 Å². The number of oxazole rings is 3. The number of phenolic OH excluding ortho intramolecular Hbond substituents is 9. The topological polar surface area (TPSA) is 631 Å². The molecule has 13 N–H and O–H groups in total. The number of halogens is 1. The summed E-state index contributed by atoms with van der Waals surface area (Å²) in [5.41, 5.74) is 7.81. The number of hydrogen-bond acceptors (Lipinski definition) is 35. The third-order valence-corrected chi connectivity index (χ3v) is 14.4. The minimum Gasteiger partial charge on any atom is -0.504 e. The van der Waals surface area contributed by atoms with E-state index in [0.717, 1.165) is 54.6 Å². The molecular weight excluding hydrogens is 1540 g/mol. The number of esters is 4. The number of nitro benzene ring substituents is 3. The molecule has 114 heavy (non-hydrogen) atoms. The van der Waals surface area contributed by atoms with Crippen LogP contribution in [0.25, 0.3) is 33.3 Å². The Kier molecular flexibility index (Phi) is 31.3. The van der Waals surface area contributed by atoms with Gasteiger partial charge in [0, 0.05) is 44.5 Å². The van der Waals surface area contributed by atoms with Crippen LogP contribution in [-0.2, 0) is 32.2 Å². The number of carboxylic acid groups (broad SMARTS) is 2. The number of methoxy groups -OCH3 is 4. The molecule has 0 saturated carbocycles. The largest absolute Gasteiger partial charge is 0.504 e. The molecule has 12 rings (SSSR count). The average molecular weight is 1600 g/mol. The van der Waals surface area contributed by atoms with E-state index >= 15 is 0 Å². The van der Waals surface area contributed by atoms with Crippen LogP contribution in [0.2, 0.25) is 0 Å². The summed E-state index contributed by atoms with van der Waals surface area (Å²) in [6.07, 6.45) is 0.339. The third-order valence-electron chi connectivity index (χ3n) is 14.4. The Morgan fingerprint density at radius 3 is 1.09 bits per heavy atom. The monoisotopic (exact) mass is 1600 g/mol. The van der Waals surface area contributed by atoms with E-state index in [1.54, 1.807) is 32.9 Å². The highest BCUT2D eigenvalue weighted by Gasteiger charge is 2.25. The van der Waals surface area contributed by atoms with E-state index in [4.69, 9.17) is 84.3 Å². The SMILES string of the molecule is COC(=O)c1cc(N)c(O)c(O)c1.COC(=O)c1cc(O)c(O)c([N+](=O)[O-])c1.COC(=O)c1cc(O)c2oc(C)nc2c1.COC(=O)c1cc(OCc2ccccc2)c2oc(C)nc2c1.Cc1nc2cc(C(=O)O)cc(OCc3ccccc3)c2o1.Cl.O=C(O)c1cc(O)c(O)c([N+](=O)[O-])c1.O=Cc1cc(O)c(O)c([N+](=O)[O-])c1. The van der Waals surface area contributed by atoms with Crippen molar-refractivity contribution in [3.8, 4) is 63.2 Å². The van der Waals surface area contributed by atoms with Crippen molar-refractivity contribution in [3.63, 3.8) is 0 Å². The first-order chi connectivity index (χ1) is 53.4. The fourth-order valence-corrected chi connectivity index (χ4v) is 9.19. The van der Waals surface area contributed by atoms with Gasteiger partial charge < -0.3 is 104 Å². The molecule has 0 aliphatic carbocycles. The summed E-state index contributed by atoms with van der Waals surface area (Å²) in [4.78, 5) is 117. The molecule has 0 spiro atoms. The van der Waals surface area contributed by atoms with Crippen LogP contribution >= 0.6 is 12.4 Å². The Hall–Kier alpha value is -16.0. The third kappa shape index (κ3) is 23.5. The van der Waals surface area contributed by atoms with Crippen molar-refractivity contribution in [2.75, 3.05) is 34.2 Å². The zero-order valence-corrected chi connectivity index (χ0v) is 60.7. The molecule has 0 radical (unpaired) electrons. The van der Waals surface area contributed by atoms with E-state index < -0.39 is 119 Å². The number of nitrogen functional groups attached to an aromatic ring is 1. The number of phenols is 9. The number of ether oxygens (including phenoxy) is 6. The van der Waals surface area contributed by atoms with Gasteiger partial charge in [0.15, 0.2) is 80.4 Å². The number of nitro groups is 3. The summed E-state index contributed by atoms with van der Waals surface area (Å²) in [5, 5.41) is 130. The van der Waals surface area contributed by atoms with E-state index in [1.807, 2.05) is 60.7 Å². The number of aromatic hydroxyl groups is 9. The predicted molar refractivity (Wildman–Crippen MR) is 395 cm³/mol. The van der Waals surface area contributed by atoms with Crippen LogP contribution in [-0.4, -0.2) is 156 Å². The Labute approximate surface area is 644 Å². The van der Waals surface area contributed by atoms with Crippen molar-refractivity contribution >= 4 is 111 Å². The second-order valence-electron chi connectivity index (χ2n) is 22.3. The first kappa shape index (κ1) is 88.6. The van der Waals surface area contributed by atoms with Crippen LogP contribution in [0.1, 0.15) is 101 Å². The number of rotatable bonds is 16. The number of aromatic nitrogens is 3. The Morgan fingerprint density at radius 1 is 0.412 bits per heavy atom. The zero-order valence-electron chi connectivity index (χ0n) is 59.9. The summed E-state index contributed by atoms with van der Waals surface area (Å²) in [6.45, 7) is 5.83. The van der Waals surface area contributed by atoms with E-state index in [0.29, 0.717) is 88.0 Å². The average Bonchev–Trinajstić information content (AvgIpc) is 1.61. The van der Waals surface area contributed by atoms with Crippen LogP contribution in [0.15, 0.2) is 159 Å². The van der Waals surface area contributed by atoms with Crippen LogP contribution in [0, 0.1) is 51.1 Å². The Morgan fingerprint density at radius 2 is 0.711 bits per heavy atom. The summed E-state index contributed by atoms with van der Waals surface area (Å²) in [7, 11) is 4.92. The number of hydrogen-bond donors (Lipinski definition) is 12. The maximum absolute atomic E-state index is 11.8. The molecule has 0 aliphatic rings. The molecule has 3 aromatic heterocycles. The lowest BCUT2D eigenvalue weighted by atomic mass is 10.1. The summed E-state index contributed by atoms with van der Waals surface area (Å²) < 4.78 is 45.7. The van der Waals surface area contributed by atoms with Crippen molar-refractivity contribution in [3.05, 3.63) is 244 Å². The molecule has 596 valence electrons. The van der Waals surface area contributed by atoms with Gasteiger partial charge in [0.25, 0.3) is 0 Å². The van der Waals surface area contributed by atoms with Gasteiger partial charge in [0.05, 0.1) is 82.3 Å². The van der Waals surface area contributed by atoms with E-state index in [-0.39, 0.29) is 57.2 Å². The lowest BCUT2D eigenvalue weighted by molar-refractivity contribution is -0.386. The normalized spacial score (nSPS) is 10.1. The standard InChI is InChI=1S/C17H15NO4.C16H13NO4.C10H9NO4.C8H7NO6.C8H9NO4.C7H5NO6.C7H5NO5.ClH/c1-11-18-14-8-13(17(19)20-2)9-15(16(14)22-11)21-10-12-6-4-3-5-7-12;1-10-17-13-7-12(16(18)19)8-14(15(13)21-10)20-9-11-5-3-2-4-6-11;1-5-11-7-3-6(10(13)14-2)4-8(12)9(7)15-5;1-15-8(12)4-2-5(9(13)14)7(11)6(10)3-4;1-13-8(12)4-2-5(9)7(11)6(10)3-4;9-5-2-3(7(11)12)1-4(6(5)10)8(13)14;9-3-4-1-5(8(12)13)7(11)6(10)2-4;/h3-9H,10H2,1-2H3;2-8H,9H2,1H3,(H,18,19);3-4,12H,1-2H3;2-3,10-11H,1H3;2-3,10-11H,9H2,1H3;1-2,9-10H,(H,11,12);1-3,10-11H;1H. The minimum absolute atomic E-state index is 0. The van der Waals surface area contributed by atoms with Gasteiger partial charge in [-0.2, -0.15) is 0 Å². The molecule has 0 unspecified atom stereocenters. The molecule has 0 aliphatic heterocycles. The number of aldehydes is 1. The quantitative estimate of drug-likeness (QED) is 0.00813. The molecule has 12 aromatic rings. The number of aryl methyl sites for hydroxylation is 3. The van der Waals surface area contributed by atoms with Gasteiger partial charge in [-0.25, -0.2) is 43.7 Å². The zero-order chi connectivity index (χ0) is 83.8. The first-order valence-electron chi connectivity index (χ1n) is 31.4. The minimum atomic E-state index is -1.43. The molecule has 0 amide bonds. The lowest BCUT2D eigenvalue weighted by Gasteiger charge is -2.08. The van der Waals surface area contributed by atoms with Crippen molar-refractivity contribution in [1.82, 2.24) is 15.0 Å². The second kappa shape index (κ2) is 40.2. The van der Waals surface area contributed by atoms with Crippen LogP contribution in [0.4, 0.5) is 22.7 Å². The number of nitrogens with two attached hydrogens (primary N) is 1. The number of carbonyl (C=O) groups excluding carboxylic acids is 5. The maximum Gasteiger partial charge on any atom is 0.338 e. The van der Waals surface area contributed by atoms with Gasteiger partial charge in [-0.1, -0.05) is 60.7 Å². The van der Waals surface area contributed by atoms with Crippen LogP contribution in [0.3, 0.4) is 0 Å².